The van der Waals surface area contributed by atoms with Crippen molar-refractivity contribution in [1.29, 1.82) is 5.41 Å². The minimum absolute atomic E-state index is 0.0410. The number of guanidine groups is 1. The first-order chi connectivity index (χ1) is 26.6. The number of nitrogens with zero attached hydrogens (tertiary/aromatic N) is 1. The largest absolute Gasteiger partial charge is 0.487 e. The number of carboxylic acid groups (broad SMARTS) is 1. The molecule has 56 heavy (non-hydrogen) atoms. The number of ether oxygens (including phenoxy) is 1. The molecule has 4 aromatic carbocycles. The molecule has 5 aromatic rings. The predicted molar refractivity (Wildman–Crippen MR) is 217 cm³/mol. The number of fused-ring (bicyclic) bond motifs is 2. The molecule has 12 nitrogen and oxygen atoms in total. The molecule has 1 aromatic heterocycles. The molecule has 0 spiro atoms. The third kappa shape index (κ3) is 8.32. The molecule has 1 aliphatic heterocycles. The molecule has 0 unspecified atom stereocenters. The van der Waals surface area contributed by atoms with Gasteiger partial charge in [0.05, 0.1) is 11.4 Å². The number of nitrogens with one attached hydrogen (secondary N) is 4. The molecule has 13 heteroatoms. The van der Waals surface area contributed by atoms with E-state index in [0.29, 0.717) is 23.3 Å². The lowest BCUT2D eigenvalue weighted by Gasteiger charge is -2.35. The van der Waals surface area contributed by atoms with Gasteiger partial charge in [0.2, 0.25) is 5.96 Å². The van der Waals surface area contributed by atoms with Crippen LogP contribution in [0.25, 0.3) is 21.9 Å². The number of hydrogen-bond acceptors (Lipinski definition) is 7. The molecule has 292 valence electrons. The normalized spacial score (nSPS) is 13.9. The van der Waals surface area contributed by atoms with E-state index >= 15 is 0 Å². The third-order valence-electron chi connectivity index (χ3n) is 10.4. The van der Waals surface area contributed by atoms with Crippen LogP contribution in [0, 0.1) is 26.2 Å². The zero-order valence-electron chi connectivity index (χ0n) is 32.2. The van der Waals surface area contributed by atoms with Gasteiger partial charge in [0, 0.05) is 12.7 Å². The quantitative estimate of drug-likeness (QED) is 0.0564. The van der Waals surface area contributed by atoms with Crippen LogP contribution in [0.1, 0.15) is 71.3 Å². The number of hydrogen-bond donors (Lipinski definition) is 5. The summed E-state index contributed by atoms with van der Waals surface area (Å²) in [7, 11) is -4.15. The van der Waals surface area contributed by atoms with Crippen LogP contribution in [0.15, 0.2) is 94.7 Å². The van der Waals surface area contributed by atoms with Crippen LogP contribution >= 0.6 is 0 Å². The maximum Gasteiger partial charge on any atom is 0.326 e. The Morgan fingerprint density at radius 3 is 2.39 bits per heavy atom. The van der Waals surface area contributed by atoms with Gasteiger partial charge in [-0.05, 0) is 122 Å². The Balaban J connectivity index is 1.08. The number of amides is 1. The van der Waals surface area contributed by atoms with E-state index in [2.05, 4.69) is 21.4 Å². The highest BCUT2D eigenvalue weighted by Crippen LogP contribution is 2.42. The second-order valence-electron chi connectivity index (χ2n) is 14.8. The van der Waals surface area contributed by atoms with Crippen molar-refractivity contribution in [2.75, 3.05) is 6.54 Å². The van der Waals surface area contributed by atoms with E-state index in [-0.39, 0.29) is 42.0 Å². The molecule has 6 rings (SSSR count). The highest BCUT2D eigenvalue weighted by atomic mass is 32.2. The van der Waals surface area contributed by atoms with Gasteiger partial charge in [-0.15, -0.1) is 0 Å². The highest BCUT2D eigenvalue weighted by molar-refractivity contribution is 7.90. The number of carbonyl (C=O) groups is 2. The number of rotatable bonds is 12. The van der Waals surface area contributed by atoms with Crippen molar-refractivity contribution in [3.8, 4) is 16.9 Å². The Hall–Kier alpha value is -5.95. The Bertz CT molecular complexity index is 2520. The van der Waals surface area contributed by atoms with Crippen LogP contribution in [-0.4, -0.2) is 54.1 Å². The lowest BCUT2D eigenvalue weighted by Crippen LogP contribution is -2.44. The molecule has 0 fully saturated rings. The van der Waals surface area contributed by atoms with Gasteiger partial charge < -0.3 is 25.0 Å². The Labute approximate surface area is 326 Å². The summed E-state index contributed by atoms with van der Waals surface area (Å²) in [5.74, 6) is -1.89. The van der Waals surface area contributed by atoms with Gasteiger partial charge >= 0.3 is 5.97 Å². The molecule has 0 saturated carbocycles. The maximum atomic E-state index is 13.6. The summed E-state index contributed by atoms with van der Waals surface area (Å²) in [6, 6.07) is 23.5. The van der Waals surface area contributed by atoms with Crippen molar-refractivity contribution in [2.45, 2.75) is 83.4 Å². The molecule has 0 aliphatic carbocycles. The minimum Gasteiger partial charge on any atom is -0.487 e. The zero-order valence-corrected chi connectivity index (χ0v) is 33.0. The van der Waals surface area contributed by atoms with Gasteiger partial charge in [-0.1, -0.05) is 66.7 Å². The van der Waals surface area contributed by atoms with Crippen LogP contribution in [0.3, 0.4) is 0 Å². The lowest BCUT2D eigenvalue weighted by molar-refractivity contribution is -0.139. The third-order valence-corrected chi connectivity index (χ3v) is 12.1. The summed E-state index contributed by atoms with van der Waals surface area (Å²) >= 11 is 0. The topological polar surface area (TPSA) is 180 Å². The van der Waals surface area contributed by atoms with Crippen molar-refractivity contribution in [3.63, 3.8) is 0 Å². The molecule has 5 N–H and O–H groups in total. The standard InChI is InChI=1S/C43H47N5O7S/c1-26-27(2)38(28(3)31-21-22-43(4,5)55-37(26)31)56(53,54)47-42(44)45-23-11-20-36(41(51)52)46-39(49)35-19-12-24-48(40(35)50)25-30-14-7-9-17-33(30)34-18-10-15-29-13-6-8-16-32(29)34/h6-10,12-19,24,36H,11,20-23,25H2,1-5H3,(H,46,49)(H,51,52)(H3,44,45,47)/t36-/m0/s1. The van der Waals surface area contributed by atoms with Crippen LogP contribution in [0.2, 0.25) is 0 Å². The second kappa shape index (κ2) is 16.0. The first kappa shape index (κ1) is 39.7. The van der Waals surface area contributed by atoms with E-state index in [1.54, 1.807) is 26.1 Å². The van der Waals surface area contributed by atoms with Crippen LogP contribution < -0.4 is 25.7 Å². The van der Waals surface area contributed by atoms with E-state index in [1.165, 1.54) is 10.6 Å². The van der Waals surface area contributed by atoms with Crippen molar-refractivity contribution in [2.24, 2.45) is 0 Å². The number of benzene rings is 4. The summed E-state index contributed by atoms with van der Waals surface area (Å²) in [6.45, 7) is 9.52. The van der Waals surface area contributed by atoms with Crippen molar-refractivity contribution >= 4 is 38.6 Å². The Kier molecular flexibility index (Phi) is 11.4. The van der Waals surface area contributed by atoms with E-state index in [1.807, 2.05) is 81.4 Å². The summed E-state index contributed by atoms with van der Waals surface area (Å²) in [5.41, 5.74) is 4.39. The first-order valence-corrected chi connectivity index (χ1v) is 20.0. The molecular formula is C43H47N5O7S. The van der Waals surface area contributed by atoms with Crippen molar-refractivity contribution < 1.29 is 27.9 Å². The second-order valence-corrected chi connectivity index (χ2v) is 16.4. The SMILES string of the molecule is Cc1c(C)c(S(=O)(=O)NC(=N)NCCC[C@H](NC(=O)c2cccn(Cc3ccccc3-c3cccc4ccccc34)c2=O)C(=O)O)c(C)c2c1OC(C)(C)CC2. The number of pyridine rings is 1. The molecular weight excluding hydrogens is 731 g/mol. The van der Waals surface area contributed by atoms with Gasteiger partial charge in [-0.2, -0.15) is 0 Å². The smallest absolute Gasteiger partial charge is 0.326 e. The predicted octanol–water partition coefficient (Wildman–Crippen LogP) is 6.21. The zero-order chi connectivity index (χ0) is 40.4. The summed E-state index contributed by atoms with van der Waals surface area (Å²) in [5, 5.41) is 25.5. The maximum absolute atomic E-state index is 13.6. The molecule has 0 radical (unpaired) electrons. The summed E-state index contributed by atoms with van der Waals surface area (Å²) in [6.07, 6.45) is 3.10. The van der Waals surface area contributed by atoms with E-state index < -0.39 is 39.5 Å². The minimum atomic E-state index is -4.15. The average Bonchev–Trinajstić information content (AvgIpc) is 3.15. The summed E-state index contributed by atoms with van der Waals surface area (Å²) < 4.78 is 37.0. The lowest BCUT2D eigenvalue weighted by atomic mass is 9.88. The molecule has 1 aliphatic rings. The molecule has 2 heterocycles. The molecule has 0 bridgehead atoms. The van der Waals surface area contributed by atoms with Crippen molar-refractivity contribution in [3.05, 3.63) is 129 Å². The first-order valence-electron chi connectivity index (χ1n) is 18.5. The fourth-order valence-electron chi connectivity index (χ4n) is 7.38. The van der Waals surface area contributed by atoms with Crippen LogP contribution in [0.5, 0.6) is 5.75 Å². The van der Waals surface area contributed by atoms with Gasteiger partial charge in [0.1, 0.15) is 23.0 Å². The monoisotopic (exact) mass is 777 g/mol. The van der Waals surface area contributed by atoms with Crippen LogP contribution in [0.4, 0.5) is 0 Å². The van der Waals surface area contributed by atoms with Gasteiger partial charge in [0.25, 0.3) is 21.5 Å². The number of carbonyl (C=O) groups excluding carboxylic acids is 1. The van der Waals surface area contributed by atoms with Crippen LogP contribution in [-0.2, 0) is 27.8 Å². The number of aromatic nitrogens is 1. The highest BCUT2D eigenvalue weighted by Gasteiger charge is 2.34. The number of sulfonamides is 1. The fourth-order valence-corrected chi connectivity index (χ4v) is 8.91. The fraction of sp³-hybridized carbons (Fsp3) is 0.302. The van der Waals surface area contributed by atoms with Crippen molar-refractivity contribution in [1.82, 2.24) is 19.9 Å². The van der Waals surface area contributed by atoms with Gasteiger partial charge in [0.15, 0.2) is 0 Å². The molecule has 1 amide bonds. The summed E-state index contributed by atoms with van der Waals surface area (Å²) in [4.78, 5) is 39.2. The number of carboxylic acids is 1. The number of aliphatic carboxylic acids is 1. The Morgan fingerprint density at radius 2 is 1.62 bits per heavy atom. The molecule has 1 atom stereocenters. The Morgan fingerprint density at radius 1 is 0.929 bits per heavy atom. The van der Waals surface area contributed by atoms with E-state index in [4.69, 9.17) is 10.1 Å². The van der Waals surface area contributed by atoms with Gasteiger partial charge in [-0.25, -0.2) is 17.9 Å². The van der Waals surface area contributed by atoms with Gasteiger partial charge in [-0.3, -0.25) is 15.0 Å². The van der Waals surface area contributed by atoms with E-state index in [9.17, 15) is 27.9 Å². The molecule has 0 saturated heterocycles. The van der Waals surface area contributed by atoms with E-state index in [0.717, 1.165) is 45.0 Å². The average molecular weight is 778 g/mol.